The minimum Gasteiger partial charge on any atom is -0.387 e. The standard InChI is InChI=1S/C7H15NO/c1-5(2)6-7(3,9)4-8-6/h5-6,8-9H,4H2,1-3H3. The summed E-state index contributed by atoms with van der Waals surface area (Å²) in [6.45, 7) is 6.86. The van der Waals surface area contributed by atoms with Gasteiger partial charge in [-0.2, -0.15) is 0 Å². The van der Waals surface area contributed by atoms with Crippen molar-refractivity contribution in [2.24, 2.45) is 5.92 Å². The van der Waals surface area contributed by atoms with Gasteiger partial charge in [-0.3, -0.25) is 0 Å². The van der Waals surface area contributed by atoms with Gasteiger partial charge in [0.2, 0.25) is 0 Å². The highest BCUT2D eigenvalue weighted by Gasteiger charge is 2.41. The Bertz CT molecular complexity index is 109. The van der Waals surface area contributed by atoms with Crippen LogP contribution in [0.25, 0.3) is 0 Å². The SMILES string of the molecule is CC(C)C1NCC1(C)O. The molecule has 2 heteroatoms. The van der Waals surface area contributed by atoms with Crippen molar-refractivity contribution in [2.75, 3.05) is 6.54 Å². The lowest BCUT2D eigenvalue weighted by molar-refractivity contribution is -0.0581. The van der Waals surface area contributed by atoms with E-state index in [0.29, 0.717) is 12.0 Å². The van der Waals surface area contributed by atoms with E-state index in [4.69, 9.17) is 0 Å². The van der Waals surface area contributed by atoms with Crippen LogP contribution in [0.15, 0.2) is 0 Å². The van der Waals surface area contributed by atoms with Gasteiger partial charge in [0.1, 0.15) is 0 Å². The third-order valence-corrected chi connectivity index (χ3v) is 2.02. The minimum absolute atomic E-state index is 0.303. The van der Waals surface area contributed by atoms with Crippen LogP contribution in [0.1, 0.15) is 20.8 Å². The molecular formula is C7H15NO. The van der Waals surface area contributed by atoms with Gasteiger partial charge in [0.15, 0.2) is 0 Å². The van der Waals surface area contributed by atoms with Crippen LogP contribution in [0.5, 0.6) is 0 Å². The molecule has 1 fully saturated rings. The van der Waals surface area contributed by atoms with Gasteiger partial charge in [0.25, 0.3) is 0 Å². The van der Waals surface area contributed by atoms with Gasteiger partial charge in [0.05, 0.1) is 5.60 Å². The van der Waals surface area contributed by atoms with Crippen molar-refractivity contribution in [1.29, 1.82) is 0 Å². The molecule has 2 N–H and O–H groups in total. The van der Waals surface area contributed by atoms with Crippen molar-refractivity contribution in [3.05, 3.63) is 0 Å². The number of rotatable bonds is 1. The number of nitrogens with one attached hydrogen (secondary N) is 1. The number of hydrogen-bond acceptors (Lipinski definition) is 2. The molecule has 9 heavy (non-hydrogen) atoms. The maximum absolute atomic E-state index is 9.48. The summed E-state index contributed by atoms with van der Waals surface area (Å²) >= 11 is 0. The predicted octanol–water partition coefficient (Wildman–Crippen LogP) is 0.365. The molecule has 0 spiro atoms. The average molecular weight is 129 g/mol. The van der Waals surface area contributed by atoms with Gasteiger partial charge in [-0.1, -0.05) is 13.8 Å². The van der Waals surface area contributed by atoms with Crippen molar-refractivity contribution in [2.45, 2.75) is 32.4 Å². The Labute approximate surface area is 56.3 Å². The summed E-state index contributed by atoms with van der Waals surface area (Å²) in [5.41, 5.74) is -0.450. The Morgan fingerprint density at radius 1 is 1.67 bits per heavy atom. The predicted molar refractivity (Wildman–Crippen MR) is 37.3 cm³/mol. The first kappa shape index (κ1) is 7.03. The summed E-state index contributed by atoms with van der Waals surface area (Å²) in [5.74, 6) is 0.536. The second-order valence-electron chi connectivity index (χ2n) is 3.46. The molecule has 0 aromatic heterocycles. The van der Waals surface area contributed by atoms with Crippen molar-refractivity contribution < 1.29 is 5.11 Å². The van der Waals surface area contributed by atoms with Crippen molar-refractivity contribution in [1.82, 2.24) is 5.32 Å². The largest absolute Gasteiger partial charge is 0.387 e. The molecule has 1 aliphatic heterocycles. The smallest absolute Gasteiger partial charge is 0.0898 e. The molecule has 1 rings (SSSR count). The van der Waals surface area contributed by atoms with E-state index in [1.54, 1.807) is 0 Å². The van der Waals surface area contributed by atoms with E-state index in [1.807, 2.05) is 6.92 Å². The molecule has 0 bridgehead atoms. The van der Waals surface area contributed by atoms with Crippen molar-refractivity contribution in [3.8, 4) is 0 Å². The quantitative estimate of drug-likeness (QED) is 0.536. The van der Waals surface area contributed by atoms with Gasteiger partial charge in [0, 0.05) is 12.6 Å². The van der Waals surface area contributed by atoms with Gasteiger partial charge >= 0.3 is 0 Å². The van der Waals surface area contributed by atoms with E-state index in [0.717, 1.165) is 6.54 Å². The maximum Gasteiger partial charge on any atom is 0.0898 e. The molecule has 2 nitrogen and oxygen atoms in total. The molecule has 1 heterocycles. The number of aliphatic hydroxyl groups is 1. The number of β-amino-alcohol motifs (C(OH)–C–C–N with tert-alkyl or cyclic N) is 1. The summed E-state index contributed by atoms with van der Waals surface area (Å²) in [6, 6.07) is 0.303. The fraction of sp³-hybridized carbons (Fsp3) is 1.00. The average Bonchev–Trinajstić information content (AvgIpc) is 1.62. The van der Waals surface area contributed by atoms with Gasteiger partial charge in [-0.25, -0.2) is 0 Å². The molecule has 0 amide bonds. The molecular weight excluding hydrogens is 114 g/mol. The van der Waals surface area contributed by atoms with Crippen LogP contribution >= 0.6 is 0 Å². The third kappa shape index (κ3) is 1.10. The molecule has 0 aromatic carbocycles. The molecule has 0 aromatic rings. The zero-order valence-corrected chi connectivity index (χ0v) is 6.31. The first-order valence-corrected chi connectivity index (χ1v) is 3.50. The lowest BCUT2D eigenvalue weighted by Gasteiger charge is -2.46. The highest BCUT2D eigenvalue weighted by Crippen LogP contribution is 2.23. The molecule has 2 unspecified atom stereocenters. The second-order valence-corrected chi connectivity index (χ2v) is 3.46. The lowest BCUT2D eigenvalue weighted by Crippen LogP contribution is -2.68. The molecule has 1 aliphatic rings. The van der Waals surface area contributed by atoms with E-state index in [2.05, 4.69) is 19.2 Å². The summed E-state index contributed by atoms with van der Waals surface area (Å²) in [5, 5.41) is 12.7. The second kappa shape index (κ2) is 1.96. The fourth-order valence-corrected chi connectivity index (χ4v) is 1.47. The topological polar surface area (TPSA) is 32.3 Å². The first-order valence-electron chi connectivity index (χ1n) is 3.50. The number of hydrogen-bond donors (Lipinski definition) is 2. The molecule has 1 saturated heterocycles. The fourth-order valence-electron chi connectivity index (χ4n) is 1.47. The molecule has 54 valence electrons. The highest BCUT2D eigenvalue weighted by molar-refractivity contribution is 5.00. The zero-order chi connectivity index (χ0) is 7.07. The molecule has 0 radical (unpaired) electrons. The van der Waals surface area contributed by atoms with Crippen LogP contribution in [0.3, 0.4) is 0 Å². The monoisotopic (exact) mass is 129 g/mol. The van der Waals surface area contributed by atoms with E-state index in [-0.39, 0.29) is 0 Å². The Morgan fingerprint density at radius 2 is 2.22 bits per heavy atom. The van der Waals surface area contributed by atoms with E-state index in [9.17, 15) is 5.11 Å². The maximum atomic E-state index is 9.48. The van der Waals surface area contributed by atoms with Crippen LogP contribution in [0, 0.1) is 5.92 Å². The Balaban J connectivity index is 2.45. The van der Waals surface area contributed by atoms with Crippen LogP contribution < -0.4 is 5.32 Å². The minimum atomic E-state index is -0.450. The van der Waals surface area contributed by atoms with Crippen molar-refractivity contribution in [3.63, 3.8) is 0 Å². The summed E-state index contributed by atoms with van der Waals surface area (Å²) in [6.07, 6.45) is 0. The summed E-state index contributed by atoms with van der Waals surface area (Å²) in [4.78, 5) is 0. The van der Waals surface area contributed by atoms with Gasteiger partial charge in [-0.15, -0.1) is 0 Å². The third-order valence-electron chi connectivity index (χ3n) is 2.02. The Hall–Kier alpha value is -0.0800. The molecule has 0 saturated carbocycles. The van der Waals surface area contributed by atoms with Crippen LogP contribution in [0.4, 0.5) is 0 Å². The van der Waals surface area contributed by atoms with E-state index < -0.39 is 5.60 Å². The molecule has 0 aliphatic carbocycles. The van der Waals surface area contributed by atoms with Gasteiger partial charge in [-0.05, 0) is 12.8 Å². The Kier molecular flexibility index (Phi) is 1.53. The van der Waals surface area contributed by atoms with Crippen LogP contribution in [0.2, 0.25) is 0 Å². The zero-order valence-electron chi connectivity index (χ0n) is 6.31. The first-order chi connectivity index (χ1) is 4.04. The van der Waals surface area contributed by atoms with E-state index >= 15 is 0 Å². The van der Waals surface area contributed by atoms with Crippen LogP contribution in [-0.4, -0.2) is 23.3 Å². The normalized spacial score (nSPS) is 43.0. The summed E-state index contributed by atoms with van der Waals surface area (Å²) < 4.78 is 0. The Morgan fingerprint density at radius 3 is 2.22 bits per heavy atom. The van der Waals surface area contributed by atoms with Crippen LogP contribution in [-0.2, 0) is 0 Å². The molecule has 2 atom stereocenters. The van der Waals surface area contributed by atoms with E-state index in [1.165, 1.54) is 0 Å². The van der Waals surface area contributed by atoms with Gasteiger partial charge < -0.3 is 10.4 Å². The lowest BCUT2D eigenvalue weighted by atomic mass is 9.81. The van der Waals surface area contributed by atoms with Crippen molar-refractivity contribution >= 4 is 0 Å². The highest BCUT2D eigenvalue weighted by atomic mass is 16.3. The summed E-state index contributed by atoms with van der Waals surface area (Å²) in [7, 11) is 0.